The Morgan fingerprint density at radius 3 is 1.77 bits per heavy atom. The van der Waals surface area contributed by atoms with E-state index in [9.17, 15) is 14.8 Å². The molecule has 43 heavy (non-hydrogen) atoms. The first-order valence-electron chi connectivity index (χ1n) is 16.6. The number of aromatic nitrogens is 4. The molecule has 2 fully saturated rings. The molecule has 0 unspecified atom stereocenters. The van der Waals surface area contributed by atoms with Gasteiger partial charge in [-0.05, 0) is 107 Å². The van der Waals surface area contributed by atoms with Gasteiger partial charge >= 0.3 is 0 Å². The van der Waals surface area contributed by atoms with Gasteiger partial charge in [0.15, 0.2) is 5.69 Å². The largest absolute Gasteiger partial charge is 0.618 e. The second kappa shape index (κ2) is 13.3. The molecule has 9 heteroatoms. The number of carbonyl (C=O) groups is 2. The van der Waals surface area contributed by atoms with Crippen molar-refractivity contribution in [3.8, 4) is 0 Å². The predicted octanol–water partition coefficient (Wildman–Crippen LogP) is 5.35. The quantitative estimate of drug-likeness (QED) is 0.366. The Morgan fingerprint density at radius 1 is 0.721 bits per heavy atom. The number of aryl methyl sites for hydroxylation is 3. The minimum absolute atomic E-state index is 0.0550. The molecule has 0 bridgehead atoms. The van der Waals surface area contributed by atoms with Crippen molar-refractivity contribution in [3.05, 3.63) is 51.8 Å². The molecule has 2 aromatic heterocycles. The molecule has 234 valence electrons. The first-order valence-corrected chi connectivity index (χ1v) is 16.6. The third-order valence-corrected chi connectivity index (χ3v) is 9.99. The monoisotopic (exact) mass is 590 g/mol. The Morgan fingerprint density at radius 2 is 1.19 bits per heavy atom. The standard InChI is InChI=1S/C17H25N3O2.C17H25N3O/c1-17(2)9-7-12(8-10-17)18-16(21)14-11-20(22)15-6-4-3-5-13(15)19-14;1-17(2)9-7-12(8-10-17)19-16(21)15-11-18-13-5-3-4-6-14(13)20-15/h11-12H,3-10H2,1-2H3,(H,18,21);11-12H,3-10H2,1-2H3,(H,19,21). The van der Waals surface area contributed by atoms with Gasteiger partial charge in [-0.25, -0.2) is 9.97 Å². The summed E-state index contributed by atoms with van der Waals surface area (Å²) in [6, 6.07) is 0.502. The lowest BCUT2D eigenvalue weighted by atomic mass is 9.75. The maximum atomic E-state index is 12.4. The number of hydrogen-bond acceptors (Lipinski definition) is 6. The molecule has 0 atom stereocenters. The van der Waals surface area contributed by atoms with Gasteiger partial charge in [-0.1, -0.05) is 27.7 Å². The summed E-state index contributed by atoms with van der Waals surface area (Å²) in [5, 5.41) is 18.3. The zero-order chi connectivity index (χ0) is 30.6. The molecule has 0 aliphatic heterocycles. The average Bonchev–Trinajstić information content (AvgIpc) is 2.99. The molecule has 0 saturated heterocycles. The van der Waals surface area contributed by atoms with Crippen LogP contribution in [0.1, 0.15) is 148 Å². The van der Waals surface area contributed by atoms with Crippen molar-refractivity contribution in [3.63, 3.8) is 0 Å². The summed E-state index contributed by atoms with van der Waals surface area (Å²) in [4.78, 5) is 38.1. The third-order valence-electron chi connectivity index (χ3n) is 9.99. The van der Waals surface area contributed by atoms with Gasteiger partial charge in [0.05, 0.1) is 17.6 Å². The van der Waals surface area contributed by atoms with Crippen LogP contribution in [0, 0.1) is 16.0 Å². The highest BCUT2D eigenvalue weighted by atomic mass is 16.5. The van der Waals surface area contributed by atoms with Gasteiger partial charge in [-0.3, -0.25) is 14.6 Å². The first-order chi connectivity index (χ1) is 20.5. The lowest BCUT2D eigenvalue weighted by Gasteiger charge is -2.34. The SMILES string of the molecule is CC1(C)CCC(NC(=O)c2c[n+]([O-])c3c(n2)CCCC3)CC1.CC1(C)CCC(NC(=O)c2cnc3c(n2)CCCC3)CC1. The molecule has 2 saturated carbocycles. The van der Waals surface area contributed by atoms with Crippen LogP contribution < -0.4 is 15.4 Å². The summed E-state index contributed by atoms with van der Waals surface area (Å²) in [6.45, 7) is 9.16. The maximum absolute atomic E-state index is 12.4. The van der Waals surface area contributed by atoms with Gasteiger partial charge < -0.3 is 15.8 Å². The Bertz CT molecular complexity index is 1300. The van der Waals surface area contributed by atoms with Crippen LogP contribution in [0.25, 0.3) is 0 Å². The Kier molecular flexibility index (Phi) is 9.67. The van der Waals surface area contributed by atoms with Gasteiger partial charge in [-0.2, -0.15) is 4.73 Å². The molecule has 2 aromatic rings. The van der Waals surface area contributed by atoms with Crippen molar-refractivity contribution in [1.82, 2.24) is 25.6 Å². The van der Waals surface area contributed by atoms with Crippen molar-refractivity contribution < 1.29 is 14.3 Å². The van der Waals surface area contributed by atoms with E-state index < -0.39 is 0 Å². The summed E-state index contributed by atoms with van der Waals surface area (Å²) in [5.74, 6) is -0.261. The van der Waals surface area contributed by atoms with Crippen molar-refractivity contribution in [2.75, 3.05) is 0 Å². The van der Waals surface area contributed by atoms with E-state index >= 15 is 0 Å². The summed E-state index contributed by atoms with van der Waals surface area (Å²) in [6.07, 6.45) is 19.7. The molecule has 9 nitrogen and oxygen atoms in total. The maximum Gasteiger partial charge on any atom is 0.276 e. The molecule has 4 aliphatic carbocycles. The van der Waals surface area contributed by atoms with Gasteiger partial charge in [0, 0.05) is 18.5 Å². The zero-order valence-corrected chi connectivity index (χ0v) is 26.6. The number of carbonyl (C=O) groups excluding carboxylic acids is 2. The van der Waals surface area contributed by atoms with Crippen molar-refractivity contribution >= 4 is 11.8 Å². The number of rotatable bonds is 4. The fraction of sp³-hybridized carbons (Fsp3) is 0.706. The molecular formula is C34H50N6O3. The van der Waals surface area contributed by atoms with E-state index in [4.69, 9.17) is 0 Å². The molecular weight excluding hydrogens is 540 g/mol. The van der Waals surface area contributed by atoms with E-state index in [0.29, 0.717) is 22.6 Å². The first kappa shape index (κ1) is 31.3. The van der Waals surface area contributed by atoms with Gasteiger partial charge in [0.2, 0.25) is 11.9 Å². The fourth-order valence-corrected chi connectivity index (χ4v) is 6.87. The van der Waals surface area contributed by atoms with E-state index in [0.717, 1.165) is 111 Å². The Labute approximate surface area is 256 Å². The summed E-state index contributed by atoms with van der Waals surface area (Å²) >= 11 is 0. The smallest absolute Gasteiger partial charge is 0.276 e. The molecule has 6 rings (SSSR count). The van der Waals surface area contributed by atoms with Crippen molar-refractivity contribution in [2.45, 2.75) is 143 Å². The zero-order valence-electron chi connectivity index (χ0n) is 26.6. The van der Waals surface area contributed by atoms with Gasteiger partial charge in [0.25, 0.3) is 11.8 Å². The average molecular weight is 591 g/mol. The minimum Gasteiger partial charge on any atom is -0.618 e. The molecule has 4 aliphatic rings. The fourth-order valence-electron chi connectivity index (χ4n) is 6.87. The van der Waals surface area contributed by atoms with Gasteiger partial charge in [0.1, 0.15) is 11.4 Å². The number of hydrogen-bond donors (Lipinski definition) is 2. The van der Waals surface area contributed by atoms with E-state index in [1.165, 1.54) is 25.5 Å². The predicted molar refractivity (Wildman–Crippen MR) is 166 cm³/mol. The van der Waals surface area contributed by atoms with Crippen molar-refractivity contribution in [1.29, 1.82) is 0 Å². The van der Waals surface area contributed by atoms with Crippen LogP contribution in [0.15, 0.2) is 12.4 Å². The highest BCUT2D eigenvalue weighted by Crippen LogP contribution is 2.36. The number of nitrogens with zero attached hydrogens (tertiary/aromatic N) is 4. The van der Waals surface area contributed by atoms with Crippen LogP contribution in [0.3, 0.4) is 0 Å². The molecule has 0 radical (unpaired) electrons. The molecule has 2 N–H and O–H groups in total. The third kappa shape index (κ3) is 8.30. The second-order valence-corrected chi connectivity index (χ2v) is 14.7. The minimum atomic E-state index is -0.206. The Balaban J connectivity index is 0.000000171. The highest BCUT2D eigenvalue weighted by Gasteiger charge is 2.30. The normalized spacial score (nSPS) is 21.4. The van der Waals surface area contributed by atoms with E-state index in [2.05, 4.69) is 53.3 Å². The van der Waals surface area contributed by atoms with Crippen LogP contribution in [-0.2, 0) is 25.7 Å². The summed E-state index contributed by atoms with van der Waals surface area (Å²) in [7, 11) is 0. The number of fused-ring (bicyclic) bond motifs is 2. The lowest BCUT2D eigenvalue weighted by Crippen LogP contribution is -2.42. The van der Waals surface area contributed by atoms with Crippen LogP contribution in [-0.4, -0.2) is 38.8 Å². The number of amides is 2. The topological polar surface area (TPSA) is 124 Å². The number of nitrogens with one attached hydrogen (secondary N) is 2. The summed E-state index contributed by atoms with van der Waals surface area (Å²) in [5.41, 5.74) is 5.20. The van der Waals surface area contributed by atoms with Gasteiger partial charge in [-0.15, -0.1) is 0 Å². The molecule has 2 amide bonds. The van der Waals surface area contributed by atoms with Crippen LogP contribution in [0.2, 0.25) is 0 Å². The van der Waals surface area contributed by atoms with E-state index in [1.54, 1.807) is 6.20 Å². The second-order valence-electron chi connectivity index (χ2n) is 14.7. The molecule has 0 spiro atoms. The van der Waals surface area contributed by atoms with Crippen LogP contribution in [0.4, 0.5) is 0 Å². The van der Waals surface area contributed by atoms with E-state index in [-0.39, 0.29) is 23.6 Å². The molecule has 0 aromatic carbocycles. The van der Waals surface area contributed by atoms with Crippen LogP contribution >= 0.6 is 0 Å². The lowest BCUT2D eigenvalue weighted by molar-refractivity contribution is -0.615. The Hall–Kier alpha value is -3.10. The van der Waals surface area contributed by atoms with Crippen molar-refractivity contribution in [2.24, 2.45) is 10.8 Å². The molecule has 2 heterocycles. The highest BCUT2D eigenvalue weighted by molar-refractivity contribution is 5.92. The van der Waals surface area contributed by atoms with Crippen LogP contribution in [0.5, 0.6) is 0 Å². The van der Waals surface area contributed by atoms with E-state index in [1.807, 2.05) is 0 Å². The summed E-state index contributed by atoms with van der Waals surface area (Å²) < 4.78 is 0.848.